The van der Waals surface area contributed by atoms with E-state index in [-0.39, 0.29) is 0 Å². The van der Waals surface area contributed by atoms with Crippen LogP contribution in [0.4, 0.5) is 0 Å². The van der Waals surface area contributed by atoms with E-state index < -0.39 is 0 Å². The smallest absolute Gasteiger partial charge is 0.118 e. The summed E-state index contributed by atoms with van der Waals surface area (Å²) < 4.78 is 0. The molecular weight excluding hydrogens is 320 g/mol. The van der Waals surface area contributed by atoms with Crippen LogP contribution in [0.5, 0.6) is 11.5 Å². The molecule has 0 spiro atoms. The van der Waals surface area contributed by atoms with Crippen LogP contribution in [0.2, 0.25) is 0 Å². The molecule has 0 aliphatic rings. The summed E-state index contributed by atoms with van der Waals surface area (Å²) in [5.74, 6) is 0.880. The lowest BCUT2D eigenvalue weighted by atomic mass is 10.0. The first-order chi connectivity index (χ1) is 12.6. The highest BCUT2D eigenvalue weighted by Crippen LogP contribution is 2.22. The molecule has 2 aromatic rings. The van der Waals surface area contributed by atoms with Crippen LogP contribution < -0.4 is 0 Å². The fourth-order valence-corrected chi connectivity index (χ4v) is 3.52. The molecular formula is C24H34O2. The highest BCUT2D eigenvalue weighted by atomic mass is 16.3. The number of phenolic OH excluding ortho intramolecular Hbond substituents is 2. The Labute approximate surface area is 158 Å². The van der Waals surface area contributed by atoms with Crippen molar-refractivity contribution in [3.8, 4) is 11.5 Å². The zero-order valence-electron chi connectivity index (χ0n) is 16.4. The number of aromatic hydroxyl groups is 2. The Bertz CT molecular complexity index is 616. The van der Waals surface area contributed by atoms with Crippen LogP contribution in [-0.4, -0.2) is 10.2 Å². The number of hydrogen-bond acceptors (Lipinski definition) is 2. The van der Waals surface area contributed by atoms with Gasteiger partial charge >= 0.3 is 0 Å². The van der Waals surface area contributed by atoms with Crippen molar-refractivity contribution in [3.05, 3.63) is 58.7 Å². The molecule has 0 atom stereocenters. The zero-order chi connectivity index (χ0) is 18.8. The lowest BCUT2D eigenvalue weighted by Gasteiger charge is -2.07. The number of hydrogen-bond donors (Lipinski definition) is 2. The summed E-state index contributed by atoms with van der Waals surface area (Å²) in [6, 6.07) is 11.7. The Morgan fingerprint density at radius 3 is 1.27 bits per heavy atom. The largest absolute Gasteiger partial charge is 0.508 e. The maximum absolute atomic E-state index is 9.86. The van der Waals surface area contributed by atoms with E-state index in [1.165, 1.54) is 49.7 Å². The number of aryl methyl sites for hydroxylation is 4. The van der Waals surface area contributed by atoms with Gasteiger partial charge in [-0.15, -0.1) is 0 Å². The Kier molecular flexibility index (Phi) is 8.53. The lowest BCUT2D eigenvalue weighted by molar-refractivity contribution is 0.464. The predicted molar refractivity (Wildman–Crippen MR) is 110 cm³/mol. The normalized spacial score (nSPS) is 11.0. The molecule has 2 rings (SSSR count). The van der Waals surface area contributed by atoms with Gasteiger partial charge in [-0.25, -0.2) is 0 Å². The molecule has 0 aliphatic carbocycles. The summed E-state index contributed by atoms with van der Waals surface area (Å²) in [7, 11) is 0. The minimum atomic E-state index is 0.440. The monoisotopic (exact) mass is 354 g/mol. The predicted octanol–water partition coefficient (Wildman–Crippen LogP) is 6.62. The Balaban J connectivity index is 1.48. The third kappa shape index (κ3) is 7.11. The second kappa shape index (κ2) is 10.9. The van der Waals surface area contributed by atoms with Crippen LogP contribution in [0.15, 0.2) is 36.4 Å². The summed E-state index contributed by atoms with van der Waals surface area (Å²) in [4.78, 5) is 0. The van der Waals surface area contributed by atoms with Gasteiger partial charge < -0.3 is 10.2 Å². The van der Waals surface area contributed by atoms with Crippen molar-refractivity contribution in [1.82, 2.24) is 0 Å². The summed E-state index contributed by atoms with van der Waals surface area (Å²) in [5, 5.41) is 19.7. The van der Waals surface area contributed by atoms with Gasteiger partial charge in [0.2, 0.25) is 0 Å². The first kappa shape index (κ1) is 20.4. The van der Waals surface area contributed by atoms with Crippen molar-refractivity contribution in [1.29, 1.82) is 0 Å². The molecule has 0 bridgehead atoms. The summed E-state index contributed by atoms with van der Waals surface area (Å²) >= 11 is 0. The van der Waals surface area contributed by atoms with Crippen LogP contribution in [0.3, 0.4) is 0 Å². The van der Waals surface area contributed by atoms with E-state index in [2.05, 4.69) is 26.0 Å². The molecule has 0 radical (unpaired) electrons. The van der Waals surface area contributed by atoms with E-state index in [9.17, 15) is 10.2 Å². The van der Waals surface area contributed by atoms with Crippen molar-refractivity contribution in [2.45, 2.75) is 78.1 Å². The van der Waals surface area contributed by atoms with Gasteiger partial charge in [-0.05, 0) is 62.8 Å². The molecule has 2 nitrogen and oxygen atoms in total. The first-order valence-electron chi connectivity index (χ1n) is 10.1. The molecule has 0 aliphatic heterocycles. The van der Waals surface area contributed by atoms with Gasteiger partial charge in [0.05, 0.1) is 0 Å². The van der Waals surface area contributed by atoms with E-state index >= 15 is 0 Å². The minimum Gasteiger partial charge on any atom is -0.508 e. The molecule has 2 N–H and O–H groups in total. The average Bonchev–Trinajstić information content (AvgIpc) is 2.62. The fourth-order valence-electron chi connectivity index (χ4n) is 3.52. The average molecular weight is 355 g/mol. The Hall–Kier alpha value is -1.96. The second-order valence-electron chi connectivity index (χ2n) is 7.59. The summed E-state index contributed by atoms with van der Waals surface area (Å²) in [6.07, 6.45) is 11.9. The maximum atomic E-state index is 9.86. The second-order valence-corrected chi connectivity index (χ2v) is 7.59. The van der Waals surface area contributed by atoms with Gasteiger partial charge in [0.1, 0.15) is 11.5 Å². The van der Waals surface area contributed by atoms with Gasteiger partial charge in [-0.2, -0.15) is 0 Å². The molecule has 0 saturated carbocycles. The minimum absolute atomic E-state index is 0.440. The quantitative estimate of drug-likeness (QED) is 0.445. The molecule has 142 valence electrons. The summed E-state index contributed by atoms with van der Waals surface area (Å²) in [6.45, 7) is 4.15. The lowest BCUT2D eigenvalue weighted by Crippen LogP contribution is -1.90. The number of unbranched alkanes of at least 4 members (excludes halogenated alkanes) is 7. The Morgan fingerprint density at radius 1 is 0.538 bits per heavy atom. The molecule has 0 unspecified atom stereocenters. The van der Waals surface area contributed by atoms with Gasteiger partial charge in [-0.3, -0.25) is 0 Å². The molecule has 26 heavy (non-hydrogen) atoms. The number of rotatable bonds is 11. The van der Waals surface area contributed by atoms with E-state index in [0.29, 0.717) is 11.5 Å². The number of benzene rings is 2. The summed E-state index contributed by atoms with van der Waals surface area (Å²) in [5.41, 5.74) is 4.61. The zero-order valence-corrected chi connectivity index (χ0v) is 16.4. The highest BCUT2D eigenvalue weighted by molar-refractivity contribution is 5.36. The van der Waals surface area contributed by atoms with Gasteiger partial charge in [-0.1, -0.05) is 73.9 Å². The topological polar surface area (TPSA) is 40.5 Å². The first-order valence-corrected chi connectivity index (χ1v) is 10.1. The third-order valence-corrected chi connectivity index (χ3v) is 5.11. The fraction of sp³-hybridized carbons (Fsp3) is 0.500. The molecule has 0 saturated heterocycles. The molecule has 2 heteroatoms. The van der Waals surface area contributed by atoms with E-state index in [0.717, 1.165) is 36.8 Å². The molecule has 2 aromatic carbocycles. The Morgan fingerprint density at radius 2 is 0.885 bits per heavy atom. The number of phenols is 2. The SMILES string of the molecule is Cc1ccc(O)c(CCCCCCCCCCc2cc(C)ccc2O)c1. The molecule has 0 fully saturated rings. The van der Waals surface area contributed by atoms with Gasteiger partial charge in [0.15, 0.2) is 0 Å². The van der Waals surface area contributed by atoms with Crippen molar-refractivity contribution >= 4 is 0 Å². The third-order valence-electron chi connectivity index (χ3n) is 5.11. The van der Waals surface area contributed by atoms with Crippen molar-refractivity contribution in [2.75, 3.05) is 0 Å². The van der Waals surface area contributed by atoms with Crippen molar-refractivity contribution in [2.24, 2.45) is 0 Å². The van der Waals surface area contributed by atoms with Gasteiger partial charge in [0.25, 0.3) is 0 Å². The van der Waals surface area contributed by atoms with Crippen molar-refractivity contribution < 1.29 is 10.2 Å². The standard InChI is InChI=1S/C24H34O2/c1-19-13-15-23(25)21(17-19)11-9-7-5-3-4-6-8-10-12-22-18-20(2)14-16-24(22)26/h13-18,25-26H,3-12H2,1-2H3. The van der Waals surface area contributed by atoms with Crippen LogP contribution in [0.1, 0.15) is 73.6 Å². The molecule has 0 heterocycles. The van der Waals surface area contributed by atoms with E-state index in [1.54, 1.807) is 12.1 Å². The van der Waals surface area contributed by atoms with Crippen LogP contribution in [0.25, 0.3) is 0 Å². The molecule has 0 aromatic heterocycles. The van der Waals surface area contributed by atoms with Crippen LogP contribution >= 0.6 is 0 Å². The van der Waals surface area contributed by atoms with Gasteiger partial charge in [0, 0.05) is 0 Å². The highest BCUT2D eigenvalue weighted by Gasteiger charge is 2.02. The molecule has 0 amide bonds. The van der Waals surface area contributed by atoms with Crippen molar-refractivity contribution in [3.63, 3.8) is 0 Å². The maximum Gasteiger partial charge on any atom is 0.118 e. The van der Waals surface area contributed by atoms with E-state index in [4.69, 9.17) is 0 Å². The van der Waals surface area contributed by atoms with E-state index in [1.807, 2.05) is 12.1 Å². The van der Waals surface area contributed by atoms with Crippen LogP contribution in [0, 0.1) is 13.8 Å². The van der Waals surface area contributed by atoms with Crippen LogP contribution in [-0.2, 0) is 12.8 Å².